The third kappa shape index (κ3) is 3.43. The molecule has 0 amide bonds. The van der Waals surface area contributed by atoms with Gasteiger partial charge in [0.1, 0.15) is 5.75 Å². The lowest BCUT2D eigenvalue weighted by Gasteiger charge is -2.05. The Labute approximate surface area is 70.1 Å². The summed E-state index contributed by atoms with van der Waals surface area (Å²) in [6, 6.07) is 7.92. The summed E-state index contributed by atoms with van der Waals surface area (Å²) < 4.78 is 39.4. The molecule has 0 aliphatic carbocycles. The van der Waals surface area contributed by atoms with Gasteiger partial charge in [-0.25, -0.2) is 0 Å². The van der Waals surface area contributed by atoms with Gasteiger partial charge in [0.15, 0.2) is 0 Å². The fourth-order valence-corrected chi connectivity index (χ4v) is 0.975. The normalized spacial score (nSPS) is 11.2. The minimum absolute atomic E-state index is 0.244. The van der Waals surface area contributed by atoms with Gasteiger partial charge in [-0.15, -0.1) is 0 Å². The average Bonchev–Trinajstić information content (AvgIpc) is 2.02. The fourth-order valence-electron chi connectivity index (χ4n) is 0.605. The summed E-state index contributed by atoms with van der Waals surface area (Å²) in [6.07, 6.45) is 0. The van der Waals surface area contributed by atoms with Crippen LogP contribution in [0.15, 0.2) is 30.3 Å². The lowest BCUT2D eigenvalue weighted by Crippen LogP contribution is -2.23. The second kappa shape index (κ2) is 3.62. The second-order valence-corrected chi connectivity index (χ2v) is 2.99. The molecule has 2 radical (unpaired) electrons. The van der Waals surface area contributed by atoms with Gasteiger partial charge >= 0.3 is 15.6 Å². The van der Waals surface area contributed by atoms with Gasteiger partial charge in [0, 0.05) is 0 Å². The minimum atomic E-state index is -4.24. The molecule has 0 saturated carbocycles. The van der Waals surface area contributed by atoms with Gasteiger partial charge in [-0.05, 0) is 12.1 Å². The summed E-state index contributed by atoms with van der Waals surface area (Å²) in [6.45, 7) is 0. The Morgan fingerprint density at radius 3 is 2.17 bits per heavy atom. The molecule has 0 saturated heterocycles. The zero-order valence-electron chi connectivity index (χ0n) is 5.93. The van der Waals surface area contributed by atoms with Gasteiger partial charge in [0.05, 0.1) is 0 Å². The first-order valence-corrected chi connectivity index (χ1v) is 4.04. The van der Waals surface area contributed by atoms with E-state index in [1.807, 2.05) is 0 Å². The zero-order valence-corrected chi connectivity index (χ0v) is 6.93. The Morgan fingerprint density at radius 2 is 1.67 bits per heavy atom. The highest BCUT2D eigenvalue weighted by Gasteiger charge is 2.32. The molecule has 0 aliphatic rings. The van der Waals surface area contributed by atoms with E-state index in [9.17, 15) is 13.2 Å². The molecular formula is C7H5F3OSi. The van der Waals surface area contributed by atoms with Crippen molar-refractivity contribution in [1.29, 1.82) is 0 Å². The van der Waals surface area contributed by atoms with Crippen LogP contribution in [-0.4, -0.2) is 15.6 Å². The van der Waals surface area contributed by atoms with Gasteiger partial charge in [0.2, 0.25) is 0 Å². The van der Waals surface area contributed by atoms with Gasteiger partial charge in [-0.3, -0.25) is 0 Å². The highest BCUT2D eigenvalue weighted by Crippen LogP contribution is 2.15. The maximum Gasteiger partial charge on any atom is 0.446 e. The lowest BCUT2D eigenvalue weighted by atomic mass is 10.3. The van der Waals surface area contributed by atoms with Crippen molar-refractivity contribution in [3.63, 3.8) is 0 Å². The third-order valence-corrected chi connectivity index (χ3v) is 1.60. The zero-order chi connectivity index (χ0) is 9.03. The van der Waals surface area contributed by atoms with E-state index in [1.165, 1.54) is 12.1 Å². The molecule has 0 aliphatic heterocycles. The molecule has 0 heterocycles. The summed E-state index contributed by atoms with van der Waals surface area (Å²) >= 11 is 0. The number of para-hydroxylation sites is 1. The summed E-state index contributed by atoms with van der Waals surface area (Å²) in [5.41, 5.74) is 0. The van der Waals surface area contributed by atoms with E-state index in [1.54, 1.807) is 18.2 Å². The highest BCUT2D eigenvalue weighted by molar-refractivity contribution is 6.31. The quantitative estimate of drug-likeness (QED) is 0.649. The first-order chi connectivity index (χ1) is 5.58. The topological polar surface area (TPSA) is 9.23 Å². The van der Waals surface area contributed by atoms with Gasteiger partial charge in [0.25, 0.3) is 0 Å². The van der Waals surface area contributed by atoms with E-state index in [-0.39, 0.29) is 5.75 Å². The number of hydrogen-bond donors (Lipinski definition) is 0. The summed E-state index contributed by atoms with van der Waals surface area (Å²) in [4.78, 5) is 0. The van der Waals surface area contributed by atoms with Gasteiger partial charge in [-0.2, -0.15) is 13.2 Å². The van der Waals surface area contributed by atoms with Crippen molar-refractivity contribution in [2.24, 2.45) is 0 Å². The Kier molecular flexibility index (Phi) is 2.75. The van der Waals surface area contributed by atoms with E-state index in [0.29, 0.717) is 0 Å². The largest absolute Gasteiger partial charge is 0.533 e. The maximum absolute atomic E-state index is 11.6. The van der Waals surface area contributed by atoms with Crippen LogP contribution >= 0.6 is 0 Å². The Hall–Kier alpha value is -0.973. The highest BCUT2D eigenvalue weighted by atomic mass is 28.2. The third-order valence-electron chi connectivity index (χ3n) is 1.03. The average molecular weight is 190 g/mol. The minimum Gasteiger partial charge on any atom is -0.533 e. The van der Waals surface area contributed by atoms with Crippen molar-refractivity contribution in [3.05, 3.63) is 30.3 Å². The van der Waals surface area contributed by atoms with Crippen molar-refractivity contribution >= 4 is 9.76 Å². The predicted octanol–water partition coefficient (Wildman–Crippen LogP) is 2.20. The summed E-state index contributed by atoms with van der Waals surface area (Å²) in [5.74, 6) is -4.00. The number of alkyl halides is 3. The molecule has 0 fully saturated rings. The van der Waals surface area contributed by atoms with Gasteiger partial charge in [-0.1, -0.05) is 18.2 Å². The molecule has 1 aromatic carbocycles. The van der Waals surface area contributed by atoms with E-state index in [4.69, 9.17) is 0 Å². The number of rotatable bonds is 2. The maximum atomic E-state index is 11.6. The van der Waals surface area contributed by atoms with Gasteiger partial charge < -0.3 is 4.43 Å². The predicted molar refractivity (Wildman–Crippen MR) is 38.9 cm³/mol. The van der Waals surface area contributed by atoms with E-state index < -0.39 is 15.6 Å². The molecule has 1 nitrogen and oxygen atoms in total. The second-order valence-electron chi connectivity index (χ2n) is 2.01. The molecule has 64 valence electrons. The standard InChI is InChI=1S/C7H5F3OSi/c8-7(9,10)12-11-6-4-2-1-3-5-6/h1-5H. The molecule has 0 atom stereocenters. The monoisotopic (exact) mass is 190 g/mol. The molecule has 0 bridgehead atoms. The van der Waals surface area contributed by atoms with Crippen molar-refractivity contribution in [2.45, 2.75) is 5.80 Å². The Morgan fingerprint density at radius 1 is 1.08 bits per heavy atom. The molecular weight excluding hydrogens is 185 g/mol. The summed E-state index contributed by atoms with van der Waals surface area (Å²) in [5, 5.41) is 0. The van der Waals surface area contributed by atoms with Crippen LogP contribution in [0.3, 0.4) is 0 Å². The van der Waals surface area contributed by atoms with Crippen LogP contribution in [0.4, 0.5) is 13.2 Å². The Bertz CT molecular complexity index is 234. The first kappa shape index (κ1) is 9.12. The van der Waals surface area contributed by atoms with Crippen LogP contribution in [0, 0.1) is 0 Å². The van der Waals surface area contributed by atoms with Crippen LogP contribution in [0.2, 0.25) is 0 Å². The fraction of sp³-hybridized carbons (Fsp3) is 0.143. The first-order valence-electron chi connectivity index (χ1n) is 3.14. The van der Waals surface area contributed by atoms with Crippen LogP contribution in [0.5, 0.6) is 5.75 Å². The van der Waals surface area contributed by atoms with Crippen molar-refractivity contribution in [1.82, 2.24) is 0 Å². The van der Waals surface area contributed by atoms with Crippen LogP contribution in [0.1, 0.15) is 0 Å². The SMILES string of the molecule is FC(F)(F)[Si]Oc1ccccc1. The molecule has 0 N–H and O–H groups in total. The number of benzene rings is 1. The molecule has 1 rings (SSSR count). The molecule has 0 spiro atoms. The summed E-state index contributed by atoms with van der Waals surface area (Å²) in [7, 11) is -1.48. The van der Waals surface area contributed by atoms with Crippen molar-refractivity contribution in [2.75, 3.05) is 0 Å². The van der Waals surface area contributed by atoms with Crippen molar-refractivity contribution in [3.8, 4) is 5.75 Å². The molecule has 0 unspecified atom stereocenters. The van der Waals surface area contributed by atoms with Crippen molar-refractivity contribution < 1.29 is 17.6 Å². The molecule has 1 aromatic rings. The molecule has 0 aromatic heterocycles. The smallest absolute Gasteiger partial charge is 0.446 e. The number of hydrogen-bond acceptors (Lipinski definition) is 1. The van der Waals surface area contributed by atoms with Crippen LogP contribution < -0.4 is 4.43 Å². The molecule has 5 heteroatoms. The van der Waals surface area contributed by atoms with E-state index in [0.717, 1.165) is 0 Å². The van der Waals surface area contributed by atoms with E-state index in [2.05, 4.69) is 4.43 Å². The van der Waals surface area contributed by atoms with Crippen LogP contribution in [-0.2, 0) is 0 Å². The lowest BCUT2D eigenvalue weighted by molar-refractivity contribution is -0.0546. The Balaban J connectivity index is 2.44. The van der Waals surface area contributed by atoms with Crippen LogP contribution in [0.25, 0.3) is 0 Å². The molecule has 12 heavy (non-hydrogen) atoms. The number of halogens is 3. The van der Waals surface area contributed by atoms with E-state index >= 15 is 0 Å².